The van der Waals surface area contributed by atoms with Crippen LogP contribution in [0, 0.1) is 24.0 Å². The van der Waals surface area contributed by atoms with Crippen LogP contribution in [0.15, 0.2) is 51.7 Å². The molecular formula is C22H14ClN3O4S. The lowest BCUT2D eigenvalue weighted by Crippen LogP contribution is -2.22. The SMILES string of the molecule is Cc1cc2nc3s/c(=C/c4ccc(-c5cc([N+](=O)[O-])ccc5Cl)o4)c(=O)n3c2cc1C. The molecule has 3 aromatic heterocycles. The number of hydrogen-bond donors (Lipinski definition) is 0. The molecule has 0 aliphatic heterocycles. The van der Waals surface area contributed by atoms with Crippen molar-refractivity contribution in [3.63, 3.8) is 0 Å². The van der Waals surface area contributed by atoms with Gasteiger partial charge in [-0.15, -0.1) is 0 Å². The van der Waals surface area contributed by atoms with Crippen molar-refractivity contribution in [3.05, 3.63) is 89.4 Å². The van der Waals surface area contributed by atoms with E-state index < -0.39 is 4.92 Å². The molecule has 0 unspecified atom stereocenters. The molecule has 0 aliphatic rings. The zero-order chi connectivity index (χ0) is 21.9. The van der Waals surface area contributed by atoms with Crippen LogP contribution in [0.4, 0.5) is 5.69 Å². The van der Waals surface area contributed by atoms with Gasteiger partial charge in [0, 0.05) is 23.8 Å². The van der Waals surface area contributed by atoms with Crippen molar-refractivity contribution in [2.24, 2.45) is 0 Å². The number of rotatable bonds is 3. The Labute approximate surface area is 184 Å². The summed E-state index contributed by atoms with van der Waals surface area (Å²) < 4.78 is 7.91. The fourth-order valence-electron chi connectivity index (χ4n) is 3.44. The largest absolute Gasteiger partial charge is 0.457 e. The van der Waals surface area contributed by atoms with Gasteiger partial charge in [-0.2, -0.15) is 0 Å². The average molecular weight is 452 g/mol. The molecule has 0 saturated carbocycles. The number of furan rings is 1. The first-order chi connectivity index (χ1) is 14.8. The molecule has 0 atom stereocenters. The van der Waals surface area contributed by atoms with Crippen LogP contribution in [0.3, 0.4) is 0 Å². The third kappa shape index (κ3) is 3.20. The summed E-state index contributed by atoms with van der Waals surface area (Å²) >= 11 is 7.48. The summed E-state index contributed by atoms with van der Waals surface area (Å²) in [5, 5.41) is 11.4. The van der Waals surface area contributed by atoms with Crippen LogP contribution >= 0.6 is 22.9 Å². The predicted octanol–water partition coefficient (Wildman–Crippen LogP) is 4.90. The number of nitrogens with zero attached hydrogens (tertiary/aromatic N) is 3. The zero-order valence-corrected chi connectivity index (χ0v) is 18.0. The summed E-state index contributed by atoms with van der Waals surface area (Å²) in [6.45, 7) is 4.02. The Bertz CT molecular complexity index is 1630. The van der Waals surface area contributed by atoms with E-state index in [0.717, 1.165) is 22.2 Å². The number of aromatic nitrogens is 2. The van der Waals surface area contributed by atoms with E-state index in [1.165, 1.54) is 29.5 Å². The number of nitro benzene ring substituents is 1. The maximum atomic E-state index is 13.0. The number of imidazole rings is 1. The second-order valence-corrected chi connectivity index (χ2v) is 8.61. The molecule has 0 bridgehead atoms. The van der Waals surface area contributed by atoms with E-state index in [9.17, 15) is 14.9 Å². The van der Waals surface area contributed by atoms with Crippen molar-refractivity contribution < 1.29 is 9.34 Å². The summed E-state index contributed by atoms with van der Waals surface area (Å²) in [7, 11) is 0. The van der Waals surface area contributed by atoms with Crippen molar-refractivity contribution in [1.29, 1.82) is 0 Å². The highest BCUT2D eigenvalue weighted by atomic mass is 35.5. The van der Waals surface area contributed by atoms with Gasteiger partial charge in [-0.05, 0) is 55.3 Å². The maximum absolute atomic E-state index is 13.0. The fraction of sp³-hybridized carbons (Fsp3) is 0.0909. The van der Waals surface area contributed by atoms with Gasteiger partial charge >= 0.3 is 0 Å². The van der Waals surface area contributed by atoms with Gasteiger partial charge in [-0.25, -0.2) is 9.38 Å². The van der Waals surface area contributed by atoms with Gasteiger partial charge < -0.3 is 4.42 Å². The van der Waals surface area contributed by atoms with Gasteiger partial charge in [-0.1, -0.05) is 22.9 Å². The molecule has 0 amide bonds. The lowest BCUT2D eigenvalue weighted by Gasteiger charge is -2.00. The normalized spacial score (nSPS) is 12.3. The number of halogens is 1. The Morgan fingerprint density at radius 1 is 1.16 bits per heavy atom. The van der Waals surface area contributed by atoms with E-state index in [4.69, 9.17) is 16.0 Å². The second kappa shape index (κ2) is 7.04. The van der Waals surface area contributed by atoms with E-state index in [1.807, 2.05) is 26.0 Å². The summed E-state index contributed by atoms with van der Waals surface area (Å²) in [6, 6.07) is 11.5. The lowest BCUT2D eigenvalue weighted by molar-refractivity contribution is -0.384. The quantitative estimate of drug-likeness (QED) is 0.287. The van der Waals surface area contributed by atoms with Gasteiger partial charge in [-0.3, -0.25) is 14.9 Å². The number of benzene rings is 2. The monoisotopic (exact) mass is 451 g/mol. The standard InChI is InChI=1S/C22H14ClN3O4S/c1-11-7-17-18(8-12(11)2)25-21(27)20(31-22(25)24-17)10-14-4-6-19(30-14)15-9-13(26(28)29)3-5-16(15)23/h3-10H,1-2H3/b20-10+. The first-order valence-corrected chi connectivity index (χ1v) is 10.5. The van der Waals surface area contributed by atoms with Crippen LogP contribution in [0.5, 0.6) is 0 Å². The lowest BCUT2D eigenvalue weighted by atomic mass is 10.1. The fourth-order valence-corrected chi connectivity index (χ4v) is 4.62. The minimum atomic E-state index is -0.492. The number of thiazole rings is 1. The van der Waals surface area contributed by atoms with Crippen LogP contribution in [0.2, 0.25) is 5.02 Å². The average Bonchev–Trinajstić information content (AvgIpc) is 3.39. The maximum Gasteiger partial charge on any atom is 0.275 e. The summed E-state index contributed by atoms with van der Waals surface area (Å²) in [5.74, 6) is 0.820. The number of non-ortho nitro benzene ring substituents is 1. The molecule has 9 heteroatoms. The Kier molecular flexibility index (Phi) is 4.42. The molecule has 0 aliphatic carbocycles. The Balaban J connectivity index is 1.61. The van der Waals surface area contributed by atoms with Gasteiger partial charge in [0.05, 0.1) is 21.0 Å². The molecule has 5 rings (SSSR count). The minimum absolute atomic E-state index is 0.0833. The second-order valence-electron chi connectivity index (χ2n) is 7.19. The molecule has 154 valence electrons. The minimum Gasteiger partial charge on any atom is -0.457 e. The predicted molar refractivity (Wildman–Crippen MR) is 121 cm³/mol. The topological polar surface area (TPSA) is 90.7 Å². The molecule has 7 nitrogen and oxygen atoms in total. The van der Waals surface area contributed by atoms with E-state index in [0.29, 0.717) is 31.6 Å². The first-order valence-electron chi connectivity index (χ1n) is 9.30. The van der Waals surface area contributed by atoms with Gasteiger partial charge in [0.2, 0.25) is 0 Å². The van der Waals surface area contributed by atoms with Crippen LogP contribution in [-0.4, -0.2) is 14.3 Å². The molecular weight excluding hydrogens is 438 g/mol. The molecule has 0 saturated heterocycles. The number of fused-ring (bicyclic) bond motifs is 3. The molecule has 0 N–H and O–H groups in total. The zero-order valence-electron chi connectivity index (χ0n) is 16.4. The molecule has 0 radical (unpaired) electrons. The van der Waals surface area contributed by atoms with Crippen molar-refractivity contribution >= 4 is 50.7 Å². The summed E-state index contributed by atoms with van der Waals surface area (Å²) in [4.78, 5) is 28.8. The van der Waals surface area contributed by atoms with E-state index in [2.05, 4.69) is 4.98 Å². The Hall–Kier alpha value is -3.49. The number of hydrogen-bond acceptors (Lipinski definition) is 6. The van der Waals surface area contributed by atoms with Gasteiger partial charge in [0.25, 0.3) is 11.2 Å². The highest BCUT2D eigenvalue weighted by Crippen LogP contribution is 2.32. The molecule has 0 fully saturated rings. The van der Waals surface area contributed by atoms with Gasteiger partial charge in [0.15, 0.2) is 4.96 Å². The molecule has 2 aromatic carbocycles. The van der Waals surface area contributed by atoms with Crippen LogP contribution in [-0.2, 0) is 0 Å². The van der Waals surface area contributed by atoms with Crippen molar-refractivity contribution in [3.8, 4) is 11.3 Å². The summed E-state index contributed by atoms with van der Waals surface area (Å²) in [5.41, 5.74) is 3.95. The van der Waals surface area contributed by atoms with E-state index in [1.54, 1.807) is 22.6 Å². The van der Waals surface area contributed by atoms with Crippen molar-refractivity contribution in [2.45, 2.75) is 13.8 Å². The van der Waals surface area contributed by atoms with E-state index >= 15 is 0 Å². The molecule has 5 aromatic rings. The molecule has 3 heterocycles. The van der Waals surface area contributed by atoms with E-state index in [-0.39, 0.29) is 11.2 Å². The highest BCUT2D eigenvalue weighted by molar-refractivity contribution is 7.15. The van der Waals surface area contributed by atoms with Crippen LogP contribution < -0.4 is 10.1 Å². The number of nitro groups is 1. The van der Waals surface area contributed by atoms with Crippen LogP contribution in [0.1, 0.15) is 16.9 Å². The van der Waals surface area contributed by atoms with Crippen molar-refractivity contribution in [1.82, 2.24) is 9.38 Å². The third-order valence-electron chi connectivity index (χ3n) is 5.18. The Morgan fingerprint density at radius 2 is 1.94 bits per heavy atom. The number of aryl methyl sites for hydroxylation is 2. The third-order valence-corrected chi connectivity index (χ3v) is 6.48. The summed E-state index contributed by atoms with van der Waals surface area (Å²) in [6.07, 6.45) is 1.64. The van der Waals surface area contributed by atoms with Crippen LogP contribution in [0.25, 0.3) is 33.4 Å². The Morgan fingerprint density at radius 3 is 2.71 bits per heavy atom. The first kappa shape index (κ1) is 19.5. The highest BCUT2D eigenvalue weighted by Gasteiger charge is 2.15. The molecule has 0 spiro atoms. The van der Waals surface area contributed by atoms with Crippen molar-refractivity contribution in [2.75, 3.05) is 0 Å². The van der Waals surface area contributed by atoms with Gasteiger partial charge in [0.1, 0.15) is 16.1 Å². The molecule has 31 heavy (non-hydrogen) atoms. The smallest absolute Gasteiger partial charge is 0.275 e.